The summed E-state index contributed by atoms with van der Waals surface area (Å²) in [6.45, 7) is 0.779. The number of hydrogen-bond acceptors (Lipinski definition) is 8. The lowest BCUT2D eigenvalue weighted by Crippen LogP contribution is -2.22. The number of carbonyl (C=O) groups excluding carboxylic acids is 1. The Morgan fingerprint density at radius 2 is 1.66 bits per heavy atom. The summed E-state index contributed by atoms with van der Waals surface area (Å²) in [5, 5.41) is 3.68. The van der Waals surface area contributed by atoms with Gasteiger partial charge in [-0.1, -0.05) is 6.07 Å². The Morgan fingerprint density at radius 1 is 0.938 bits per heavy atom. The first-order valence-electron chi connectivity index (χ1n) is 9.91. The first kappa shape index (κ1) is 18.8. The summed E-state index contributed by atoms with van der Waals surface area (Å²) < 4.78 is 21.5. The first-order valence-corrected chi connectivity index (χ1v) is 10.7. The fourth-order valence-electron chi connectivity index (χ4n) is 3.70. The lowest BCUT2D eigenvalue weighted by atomic mass is 10.1. The van der Waals surface area contributed by atoms with Crippen molar-refractivity contribution in [3.05, 3.63) is 59.0 Å². The summed E-state index contributed by atoms with van der Waals surface area (Å²) in [5.74, 6) is 2.56. The molecule has 0 radical (unpaired) electrons. The Bertz CT molecular complexity index is 1380. The number of fused-ring (bicyclic) bond motifs is 3. The standard InChI is InChI=1S/C23H17N3O5S/c24-20-14-3-4-15(13-2-6-17-19(8-13)31-11-29-17)26-23(14)32-21(20)22(27)25-9-12-1-5-16-18(7-12)30-10-28-16/h1-8H,9-11,24H2,(H,25,27). The van der Waals surface area contributed by atoms with Crippen molar-refractivity contribution in [2.24, 2.45) is 0 Å². The molecule has 2 aromatic carbocycles. The van der Waals surface area contributed by atoms with Crippen molar-refractivity contribution >= 4 is 33.1 Å². The number of nitrogen functional groups attached to an aromatic ring is 1. The molecule has 0 spiro atoms. The molecule has 2 aliphatic heterocycles. The van der Waals surface area contributed by atoms with Crippen LogP contribution in [0.1, 0.15) is 15.2 Å². The zero-order chi connectivity index (χ0) is 21.7. The number of anilines is 1. The maximum absolute atomic E-state index is 12.8. The van der Waals surface area contributed by atoms with E-state index in [1.807, 2.05) is 48.5 Å². The highest BCUT2D eigenvalue weighted by Gasteiger charge is 2.20. The van der Waals surface area contributed by atoms with Crippen LogP contribution in [0.5, 0.6) is 23.0 Å². The number of rotatable bonds is 4. The summed E-state index contributed by atoms with van der Waals surface area (Å²) in [5.41, 5.74) is 9.29. The number of ether oxygens (including phenoxy) is 4. The maximum Gasteiger partial charge on any atom is 0.263 e. The molecule has 0 fully saturated rings. The third-order valence-electron chi connectivity index (χ3n) is 5.36. The van der Waals surface area contributed by atoms with Crippen LogP contribution in [0.2, 0.25) is 0 Å². The van der Waals surface area contributed by atoms with E-state index in [4.69, 9.17) is 29.7 Å². The molecule has 1 amide bonds. The number of thiophene rings is 1. The molecular formula is C23H17N3O5S. The Labute approximate surface area is 186 Å². The van der Waals surface area contributed by atoms with Gasteiger partial charge in [0.15, 0.2) is 23.0 Å². The number of nitrogens with zero attached hydrogens (tertiary/aromatic N) is 1. The van der Waals surface area contributed by atoms with Crippen LogP contribution >= 0.6 is 11.3 Å². The van der Waals surface area contributed by atoms with Gasteiger partial charge in [-0.3, -0.25) is 4.79 Å². The third kappa shape index (κ3) is 3.14. The largest absolute Gasteiger partial charge is 0.454 e. The minimum absolute atomic E-state index is 0.213. The molecular weight excluding hydrogens is 430 g/mol. The van der Waals surface area contributed by atoms with Crippen molar-refractivity contribution in [2.75, 3.05) is 19.3 Å². The van der Waals surface area contributed by atoms with Gasteiger partial charge in [-0.15, -0.1) is 11.3 Å². The minimum atomic E-state index is -0.243. The summed E-state index contributed by atoms with van der Waals surface area (Å²) in [6, 6.07) is 15.0. The van der Waals surface area contributed by atoms with Gasteiger partial charge in [0.25, 0.3) is 5.91 Å². The molecule has 4 aromatic rings. The normalized spacial score (nSPS) is 13.5. The topological polar surface area (TPSA) is 105 Å². The Morgan fingerprint density at radius 3 is 2.47 bits per heavy atom. The van der Waals surface area contributed by atoms with Crippen LogP contribution in [0.4, 0.5) is 5.69 Å². The number of amides is 1. The van der Waals surface area contributed by atoms with Crippen LogP contribution < -0.4 is 30.0 Å². The van der Waals surface area contributed by atoms with E-state index in [1.165, 1.54) is 11.3 Å². The molecule has 0 saturated heterocycles. The molecule has 6 rings (SSSR count). The van der Waals surface area contributed by atoms with E-state index in [-0.39, 0.29) is 19.5 Å². The fraction of sp³-hybridized carbons (Fsp3) is 0.130. The van der Waals surface area contributed by atoms with Gasteiger partial charge in [0.2, 0.25) is 13.6 Å². The molecule has 32 heavy (non-hydrogen) atoms. The van der Waals surface area contributed by atoms with Crippen LogP contribution in [0, 0.1) is 0 Å². The lowest BCUT2D eigenvalue weighted by Gasteiger charge is -2.05. The molecule has 9 heteroatoms. The average Bonchev–Trinajstić information content (AvgIpc) is 3.55. The summed E-state index contributed by atoms with van der Waals surface area (Å²) in [4.78, 5) is 18.7. The highest BCUT2D eigenvalue weighted by atomic mass is 32.1. The fourth-order valence-corrected chi connectivity index (χ4v) is 4.71. The Balaban J connectivity index is 1.24. The van der Waals surface area contributed by atoms with E-state index < -0.39 is 0 Å². The molecule has 8 nitrogen and oxygen atoms in total. The summed E-state index contributed by atoms with van der Waals surface area (Å²) >= 11 is 1.27. The van der Waals surface area contributed by atoms with E-state index in [2.05, 4.69) is 5.32 Å². The zero-order valence-corrected chi connectivity index (χ0v) is 17.5. The number of pyridine rings is 1. The second-order valence-electron chi connectivity index (χ2n) is 7.33. The zero-order valence-electron chi connectivity index (χ0n) is 16.7. The Kier molecular flexibility index (Phi) is 4.29. The molecule has 0 atom stereocenters. The monoisotopic (exact) mass is 447 g/mol. The van der Waals surface area contributed by atoms with Crippen LogP contribution in [-0.2, 0) is 6.54 Å². The Hall–Kier alpha value is -3.98. The van der Waals surface area contributed by atoms with Gasteiger partial charge in [0, 0.05) is 17.5 Å². The molecule has 0 unspecified atom stereocenters. The van der Waals surface area contributed by atoms with Crippen molar-refractivity contribution in [3.63, 3.8) is 0 Å². The molecule has 0 bridgehead atoms. The second-order valence-corrected chi connectivity index (χ2v) is 8.33. The smallest absolute Gasteiger partial charge is 0.263 e. The van der Waals surface area contributed by atoms with E-state index in [1.54, 1.807) is 0 Å². The van der Waals surface area contributed by atoms with E-state index in [9.17, 15) is 4.79 Å². The molecule has 160 valence electrons. The number of hydrogen-bond donors (Lipinski definition) is 2. The van der Waals surface area contributed by atoms with E-state index in [0.717, 1.165) is 28.0 Å². The summed E-state index contributed by atoms with van der Waals surface area (Å²) in [7, 11) is 0. The van der Waals surface area contributed by atoms with Gasteiger partial charge < -0.3 is 30.0 Å². The average molecular weight is 447 g/mol. The maximum atomic E-state index is 12.8. The van der Waals surface area contributed by atoms with Gasteiger partial charge in [-0.2, -0.15) is 0 Å². The molecule has 2 aromatic heterocycles. The van der Waals surface area contributed by atoms with Crippen LogP contribution in [-0.4, -0.2) is 24.5 Å². The number of nitrogens with one attached hydrogen (secondary N) is 1. The molecule has 0 saturated carbocycles. The van der Waals surface area contributed by atoms with Gasteiger partial charge in [-0.05, 0) is 48.0 Å². The number of carbonyl (C=O) groups is 1. The lowest BCUT2D eigenvalue weighted by molar-refractivity contribution is 0.0955. The van der Waals surface area contributed by atoms with Crippen LogP contribution in [0.3, 0.4) is 0 Å². The predicted molar refractivity (Wildman–Crippen MR) is 119 cm³/mol. The van der Waals surface area contributed by atoms with Crippen molar-refractivity contribution < 1.29 is 23.7 Å². The van der Waals surface area contributed by atoms with Crippen molar-refractivity contribution in [1.82, 2.24) is 10.3 Å². The van der Waals surface area contributed by atoms with Crippen LogP contribution in [0.25, 0.3) is 21.5 Å². The number of aromatic nitrogens is 1. The van der Waals surface area contributed by atoms with Gasteiger partial charge in [-0.25, -0.2) is 4.98 Å². The first-order chi connectivity index (χ1) is 15.7. The highest BCUT2D eigenvalue weighted by molar-refractivity contribution is 7.21. The molecule has 4 heterocycles. The molecule has 2 aliphatic rings. The van der Waals surface area contributed by atoms with Crippen LogP contribution in [0.15, 0.2) is 48.5 Å². The molecule has 3 N–H and O–H groups in total. The quantitative estimate of drug-likeness (QED) is 0.488. The second kappa shape index (κ2) is 7.31. The third-order valence-corrected chi connectivity index (χ3v) is 6.47. The van der Waals surface area contributed by atoms with Gasteiger partial charge in [0.05, 0.1) is 11.4 Å². The number of benzene rings is 2. The highest BCUT2D eigenvalue weighted by Crippen LogP contribution is 2.38. The SMILES string of the molecule is Nc1c(C(=O)NCc2ccc3c(c2)OCO3)sc2nc(-c3ccc4c(c3)OCO4)ccc12. The van der Waals surface area contributed by atoms with Crippen molar-refractivity contribution in [3.8, 4) is 34.3 Å². The summed E-state index contributed by atoms with van der Waals surface area (Å²) in [6.07, 6.45) is 0. The van der Waals surface area contributed by atoms with E-state index in [0.29, 0.717) is 39.2 Å². The minimum Gasteiger partial charge on any atom is -0.454 e. The number of nitrogens with two attached hydrogens (primary N) is 1. The van der Waals surface area contributed by atoms with E-state index >= 15 is 0 Å². The van der Waals surface area contributed by atoms with Gasteiger partial charge in [0.1, 0.15) is 9.71 Å². The predicted octanol–water partition coefficient (Wildman–Crippen LogP) is 3.93. The van der Waals surface area contributed by atoms with Gasteiger partial charge >= 0.3 is 0 Å². The van der Waals surface area contributed by atoms with Crippen molar-refractivity contribution in [1.29, 1.82) is 0 Å². The molecule has 0 aliphatic carbocycles. The van der Waals surface area contributed by atoms with Crippen molar-refractivity contribution in [2.45, 2.75) is 6.54 Å².